The first-order valence-electron chi connectivity index (χ1n) is 7.19. The van der Waals surface area contributed by atoms with Gasteiger partial charge in [-0.3, -0.25) is 4.68 Å². The Balaban J connectivity index is 1.67. The fraction of sp³-hybridized carbons (Fsp3) is 0.438. The van der Waals surface area contributed by atoms with Crippen LogP contribution >= 0.6 is 11.6 Å². The minimum absolute atomic E-state index is 0.0174. The lowest BCUT2D eigenvalue weighted by atomic mass is 9.92. The zero-order valence-electron chi connectivity index (χ0n) is 11.5. The number of aryl methyl sites for hydroxylation is 2. The van der Waals surface area contributed by atoms with Crippen molar-refractivity contribution in [2.24, 2.45) is 24.6 Å². The molecular formula is C16H18ClN3. The van der Waals surface area contributed by atoms with Crippen LogP contribution in [-0.4, -0.2) is 9.78 Å². The maximum absolute atomic E-state index is 6.52. The van der Waals surface area contributed by atoms with Crippen LogP contribution < -0.4 is 5.73 Å². The number of nitrogens with two attached hydrogens (primary N) is 1. The molecule has 4 heteroatoms. The smallest absolute Gasteiger partial charge is 0.0834 e. The molecule has 1 aromatic heterocycles. The summed E-state index contributed by atoms with van der Waals surface area (Å²) in [6.07, 6.45) is 4.12. The molecule has 0 amide bonds. The summed E-state index contributed by atoms with van der Waals surface area (Å²) in [5, 5.41) is 4.91. The molecule has 2 aliphatic carbocycles. The molecule has 104 valence electrons. The average molecular weight is 288 g/mol. The van der Waals surface area contributed by atoms with Crippen molar-refractivity contribution in [3.63, 3.8) is 0 Å². The molecule has 4 rings (SSSR count). The Morgan fingerprint density at radius 2 is 2.20 bits per heavy atom. The highest BCUT2D eigenvalue weighted by Crippen LogP contribution is 2.63. The first-order chi connectivity index (χ1) is 9.68. The maximum atomic E-state index is 6.52. The predicted octanol–water partition coefficient (Wildman–Crippen LogP) is 3.05. The summed E-state index contributed by atoms with van der Waals surface area (Å²) in [5.41, 5.74) is 10.5. The van der Waals surface area contributed by atoms with Crippen LogP contribution in [0.2, 0.25) is 5.02 Å². The third-order valence-corrected chi connectivity index (χ3v) is 5.35. The molecule has 0 aliphatic heterocycles. The number of hydrogen-bond donors (Lipinski definition) is 1. The summed E-state index contributed by atoms with van der Waals surface area (Å²) in [7, 11) is 1.92. The summed E-state index contributed by atoms with van der Waals surface area (Å²) >= 11 is 6.25. The van der Waals surface area contributed by atoms with Gasteiger partial charge in [-0.05, 0) is 41.7 Å². The van der Waals surface area contributed by atoms with E-state index in [4.69, 9.17) is 17.3 Å². The van der Waals surface area contributed by atoms with Gasteiger partial charge in [0.25, 0.3) is 0 Å². The van der Waals surface area contributed by atoms with E-state index in [1.165, 1.54) is 24.0 Å². The SMILES string of the molecule is Cn1ncc(Cl)c1C(N)C1C2CCc3ccccc3C21. The Morgan fingerprint density at radius 1 is 1.40 bits per heavy atom. The Morgan fingerprint density at radius 3 is 2.95 bits per heavy atom. The molecule has 20 heavy (non-hydrogen) atoms. The molecule has 4 unspecified atom stereocenters. The van der Waals surface area contributed by atoms with Crippen LogP contribution in [0.3, 0.4) is 0 Å². The molecule has 2 aromatic rings. The van der Waals surface area contributed by atoms with Crippen LogP contribution in [0.5, 0.6) is 0 Å². The van der Waals surface area contributed by atoms with Gasteiger partial charge in [-0.1, -0.05) is 35.9 Å². The van der Waals surface area contributed by atoms with Crippen molar-refractivity contribution < 1.29 is 0 Å². The molecule has 1 fully saturated rings. The van der Waals surface area contributed by atoms with Gasteiger partial charge >= 0.3 is 0 Å². The summed E-state index contributed by atoms with van der Waals surface area (Å²) < 4.78 is 1.82. The van der Waals surface area contributed by atoms with Gasteiger partial charge in [-0.2, -0.15) is 5.10 Å². The zero-order chi connectivity index (χ0) is 13.9. The standard InChI is InChI=1S/C16H18ClN3/c1-20-16(12(17)8-19-20)15(18)14-11-7-6-9-4-2-3-5-10(9)13(11)14/h2-5,8,11,13-15H,6-7,18H2,1H3. The van der Waals surface area contributed by atoms with Crippen LogP contribution in [0.4, 0.5) is 0 Å². The second-order valence-corrected chi connectivity index (χ2v) is 6.44. The number of fused-ring (bicyclic) bond motifs is 3. The lowest BCUT2D eigenvalue weighted by Gasteiger charge is -2.14. The molecule has 1 saturated carbocycles. The van der Waals surface area contributed by atoms with Gasteiger partial charge in [0.2, 0.25) is 0 Å². The molecule has 1 heterocycles. The van der Waals surface area contributed by atoms with Gasteiger partial charge in [0.05, 0.1) is 23.0 Å². The largest absolute Gasteiger partial charge is 0.322 e. The van der Waals surface area contributed by atoms with Crippen molar-refractivity contribution in [3.8, 4) is 0 Å². The van der Waals surface area contributed by atoms with Gasteiger partial charge in [0, 0.05) is 7.05 Å². The quantitative estimate of drug-likeness (QED) is 0.922. The Hall–Kier alpha value is -1.32. The van der Waals surface area contributed by atoms with E-state index in [1.54, 1.807) is 6.20 Å². The van der Waals surface area contributed by atoms with Crippen LogP contribution in [-0.2, 0) is 13.5 Å². The van der Waals surface area contributed by atoms with Crippen molar-refractivity contribution >= 4 is 11.6 Å². The molecule has 3 nitrogen and oxygen atoms in total. The third kappa shape index (κ3) is 1.66. The summed E-state index contributed by atoms with van der Waals surface area (Å²) in [5.74, 6) is 1.83. The summed E-state index contributed by atoms with van der Waals surface area (Å²) in [6, 6.07) is 8.78. The number of hydrogen-bond acceptors (Lipinski definition) is 2. The van der Waals surface area contributed by atoms with E-state index in [0.717, 1.165) is 5.69 Å². The Bertz CT molecular complexity index is 644. The monoisotopic (exact) mass is 287 g/mol. The van der Waals surface area contributed by atoms with E-state index in [0.29, 0.717) is 22.8 Å². The van der Waals surface area contributed by atoms with Gasteiger partial charge in [-0.25, -0.2) is 0 Å². The summed E-state index contributed by atoms with van der Waals surface area (Å²) in [6.45, 7) is 0. The third-order valence-electron chi connectivity index (χ3n) is 5.06. The van der Waals surface area contributed by atoms with Gasteiger partial charge in [-0.15, -0.1) is 0 Å². The van der Waals surface area contributed by atoms with Crippen LogP contribution in [0.1, 0.15) is 35.2 Å². The summed E-state index contributed by atoms with van der Waals surface area (Å²) in [4.78, 5) is 0. The molecule has 4 atom stereocenters. The normalized spacial score (nSPS) is 28.6. The molecule has 0 saturated heterocycles. The first-order valence-corrected chi connectivity index (χ1v) is 7.57. The number of benzene rings is 1. The highest BCUT2D eigenvalue weighted by atomic mass is 35.5. The fourth-order valence-electron chi connectivity index (χ4n) is 4.09. The molecule has 2 aliphatic rings. The topological polar surface area (TPSA) is 43.8 Å². The van der Waals surface area contributed by atoms with E-state index < -0.39 is 0 Å². The van der Waals surface area contributed by atoms with E-state index in [2.05, 4.69) is 29.4 Å². The van der Waals surface area contributed by atoms with Crippen molar-refractivity contribution in [2.45, 2.75) is 24.8 Å². The van der Waals surface area contributed by atoms with E-state index in [1.807, 2.05) is 11.7 Å². The molecule has 0 radical (unpaired) electrons. The highest BCUT2D eigenvalue weighted by molar-refractivity contribution is 6.31. The Kier molecular flexibility index (Phi) is 2.69. The van der Waals surface area contributed by atoms with Crippen molar-refractivity contribution in [2.75, 3.05) is 0 Å². The second-order valence-electron chi connectivity index (χ2n) is 6.03. The second kappa shape index (κ2) is 4.34. The molecule has 0 bridgehead atoms. The predicted molar refractivity (Wildman–Crippen MR) is 79.6 cm³/mol. The zero-order valence-corrected chi connectivity index (χ0v) is 12.2. The first kappa shape index (κ1) is 12.4. The maximum Gasteiger partial charge on any atom is 0.0834 e. The number of nitrogens with zero attached hydrogens (tertiary/aromatic N) is 2. The van der Waals surface area contributed by atoms with Crippen LogP contribution in [0, 0.1) is 11.8 Å². The van der Waals surface area contributed by atoms with Crippen LogP contribution in [0.25, 0.3) is 0 Å². The molecular weight excluding hydrogens is 270 g/mol. The van der Waals surface area contributed by atoms with Crippen LogP contribution in [0.15, 0.2) is 30.5 Å². The molecule has 1 aromatic carbocycles. The van der Waals surface area contributed by atoms with Gasteiger partial charge < -0.3 is 5.73 Å². The van der Waals surface area contributed by atoms with E-state index >= 15 is 0 Å². The molecule has 0 spiro atoms. The van der Waals surface area contributed by atoms with Gasteiger partial charge in [0.15, 0.2) is 0 Å². The van der Waals surface area contributed by atoms with Crippen molar-refractivity contribution in [3.05, 3.63) is 52.3 Å². The lowest BCUT2D eigenvalue weighted by molar-refractivity contribution is 0.519. The fourth-order valence-corrected chi connectivity index (χ4v) is 4.38. The van der Waals surface area contributed by atoms with Crippen molar-refractivity contribution in [1.82, 2.24) is 9.78 Å². The average Bonchev–Trinajstić information content (AvgIpc) is 3.11. The minimum Gasteiger partial charge on any atom is -0.322 e. The number of halogens is 1. The highest BCUT2D eigenvalue weighted by Gasteiger charge is 2.56. The van der Waals surface area contributed by atoms with E-state index in [-0.39, 0.29) is 6.04 Å². The number of aromatic nitrogens is 2. The lowest BCUT2D eigenvalue weighted by Crippen LogP contribution is -2.18. The number of rotatable bonds is 2. The molecule has 2 N–H and O–H groups in total. The van der Waals surface area contributed by atoms with Gasteiger partial charge in [0.1, 0.15) is 0 Å². The van der Waals surface area contributed by atoms with E-state index in [9.17, 15) is 0 Å². The Labute approximate surface area is 123 Å². The minimum atomic E-state index is -0.0174. The van der Waals surface area contributed by atoms with Crippen molar-refractivity contribution in [1.29, 1.82) is 0 Å².